The molecule has 2 unspecified atom stereocenters. The highest BCUT2D eigenvalue weighted by molar-refractivity contribution is 4.71. The molecule has 0 aromatic carbocycles. The van der Waals surface area contributed by atoms with Crippen LogP contribution >= 0.6 is 0 Å². The second-order valence-corrected chi connectivity index (χ2v) is 4.83. The maximum Gasteiger partial charge on any atom is 0.0702 e. The van der Waals surface area contributed by atoms with Crippen LogP contribution in [-0.2, 0) is 4.74 Å². The minimum Gasteiger partial charge on any atom is -0.377 e. The van der Waals surface area contributed by atoms with Crippen molar-refractivity contribution >= 4 is 0 Å². The smallest absolute Gasteiger partial charge is 0.0702 e. The molecule has 1 rings (SSSR count). The van der Waals surface area contributed by atoms with Gasteiger partial charge < -0.3 is 15.4 Å². The lowest BCUT2D eigenvalue weighted by Gasteiger charge is -2.25. The van der Waals surface area contributed by atoms with E-state index in [4.69, 9.17) is 10.5 Å². The third-order valence-electron chi connectivity index (χ3n) is 3.70. The zero-order chi connectivity index (χ0) is 11.8. The summed E-state index contributed by atoms with van der Waals surface area (Å²) < 4.78 is 5.68. The maximum atomic E-state index is 5.73. The normalized spacial score (nSPS) is 22.9. The van der Waals surface area contributed by atoms with Gasteiger partial charge in [-0.3, -0.25) is 0 Å². The van der Waals surface area contributed by atoms with Crippen LogP contribution in [0.25, 0.3) is 0 Å². The van der Waals surface area contributed by atoms with Crippen LogP contribution in [0, 0.1) is 5.92 Å². The number of rotatable bonds is 8. The molecule has 0 saturated carbocycles. The Bertz CT molecular complexity index is 165. The van der Waals surface area contributed by atoms with E-state index >= 15 is 0 Å². The minimum atomic E-state index is 0.484. The Morgan fingerprint density at radius 2 is 2.25 bits per heavy atom. The molecule has 0 aromatic rings. The fraction of sp³-hybridized carbons (Fsp3) is 1.00. The summed E-state index contributed by atoms with van der Waals surface area (Å²) in [7, 11) is 0. The molecule has 3 nitrogen and oxygen atoms in total. The summed E-state index contributed by atoms with van der Waals surface area (Å²) in [6, 6.07) is 0. The van der Waals surface area contributed by atoms with Gasteiger partial charge in [0.25, 0.3) is 0 Å². The van der Waals surface area contributed by atoms with Gasteiger partial charge in [0.1, 0.15) is 0 Å². The van der Waals surface area contributed by atoms with Crippen LogP contribution in [0.3, 0.4) is 0 Å². The predicted octanol–water partition coefficient (Wildman–Crippen LogP) is 1.86. The van der Waals surface area contributed by atoms with Crippen molar-refractivity contribution in [3.63, 3.8) is 0 Å². The molecule has 0 aromatic heterocycles. The molecule has 1 aliphatic rings. The second kappa shape index (κ2) is 8.04. The number of ether oxygens (including phenoxy) is 1. The molecule has 0 spiro atoms. The quantitative estimate of drug-likeness (QED) is 0.689. The molecule has 1 heterocycles. The number of nitrogens with zero attached hydrogens (tertiary/aromatic N) is 1. The van der Waals surface area contributed by atoms with Gasteiger partial charge in [-0.25, -0.2) is 0 Å². The van der Waals surface area contributed by atoms with E-state index in [-0.39, 0.29) is 0 Å². The number of likely N-dealkylation sites (N-methyl/N-ethyl adjacent to an activating group) is 1. The highest BCUT2D eigenvalue weighted by atomic mass is 16.5. The van der Waals surface area contributed by atoms with Gasteiger partial charge in [-0.15, -0.1) is 0 Å². The van der Waals surface area contributed by atoms with E-state index in [9.17, 15) is 0 Å². The van der Waals surface area contributed by atoms with Crippen molar-refractivity contribution < 1.29 is 4.74 Å². The SMILES string of the molecule is CCC(CN)CCN(CC)CC1CCCO1. The standard InChI is InChI=1S/C13H28N2O/c1-3-12(10-14)7-8-15(4-2)11-13-6-5-9-16-13/h12-13H,3-11,14H2,1-2H3. The molecule has 0 bridgehead atoms. The summed E-state index contributed by atoms with van der Waals surface area (Å²) in [5.41, 5.74) is 5.73. The molecular weight excluding hydrogens is 200 g/mol. The lowest BCUT2D eigenvalue weighted by molar-refractivity contribution is 0.0729. The first-order chi connectivity index (χ1) is 7.80. The van der Waals surface area contributed by atoms with Crippen molar-refractivity contribution in [3.05, 3.63) is 0 Å². The lowest BCUT2D eigenvalue weighted by Crippen LogP contribution is -2.34. The van der Waals surface area contributed by atoms with Gasteiger partial charge in [0, 0.05) is 13.2 Å². The summed E-state index contributed by atoms with van der Waals surface area (Å²) in [6.07, 6.45) is 5.40. The third-order valence-corrected chi connectivity index (χ3v) is 3.70. The molecule has 0 radical (unpaired) electrons. The average molecular weight is 228 g/mol. The van der Waals surface area contributed by atoms with Crippen LogP contribution in [0.4, 0.5) is 0 Å². The van der Waals surface area contributed by atoms with E-state index in [1.54, 1.807) is 0 Å². The van der Waals surface area contributed by atoms with Crippen LogP contribution in [0.15, 0.2) is 0 Å². The summed E-state index contributed by atoms with van der Waals surface area (Å²) in [5.74, 6) is 0.693. The molecule has 2 atom stereocenters. The van der Waals surface area contributed by atoms with Crippen LogP contribution in [0.5, 0.6) is 0 Å². The fourth-order valence-corrected chi connectivity index (χ4v) is 2.31. The third kappa shape index (κ3) is 4.81. The minimum absolute atomic E-state index is 0.484. The fourth-order valence-electron chi connectivity index (χ4n) is 2.31. The molecular formula is C13H28N2O. The van der Waals surface area contributed by atoms with Crippen LogP contribution in [0.1, 0.15) is 39.5 Å². The number of hydrogen-bond donors (Lipinski definition) is 1. The monoisotopic (exact) mass is 228 g/mol. The lowest BCUT2D eigenvalue weighted by atomic mass is 10.0. The second-order valence-electron chi connectivity index (χ2n) is 4.83. The maximum absolute atomic E-state index is 5.73. The zero-order valence-electron chi connectivity index (χ0n) is 11.0. The first kappa shape index (κ1) is 13.9. The van der Waals surface area contributed by atoms with E-state index in [1.165, 1.54) is 32.2 Å². The first-order valence-corrected chi connectivity index (χ1v) is 6.84. The Hall–Kier alpha value is -0.120. The van der Waals surface area contributed by atoms with Gasteiger partial charge in [0.05, 0.1) is 6.10 Å². The zero-order valence-corrected chi connectivity index (χ0v) is 11.0. The van der Waals surface area contributed by atoms with E-state index in [2.05, 4.69) is 18.7 Å². The molecule has 96 valence electrons. The van der Waals surface area contributed by atoms with Crippen LogP contribution in [-0.4, -0.2) is 43.8 Å². The van der Waals surface area contributed by atoms with E-state index < -0.39 is 0 Å². The van der Waals surface area contributed by atoms with E-state index in [0.29, 0.717) is 12.0 Å². The van der Waals surface area contributed by atoms with Crippen LogP contribution in [0.2, 0.25) is 0 Å². The average Bonchev–Trinajstić information content (AvgIpc) is 2.81. The van der Waals surface area contributed by atoms with E-state index in [0.717, 1.165) is 26.2 Å². The van der Waals surface area contributed by atoms with Gasteiger partial charge in [-0.2, -0.15) is 0 Å². The highest BCUT2D eigenvalue weighted by Crippen LogP contribution is 2.14. The molecule has 16 heavy (non-hydrogen) atoms. The summed E-state index contributed by atoms with van der Waals surface area (Å²) in [6.45, 7) is 9.66. The van der Waals surface area contributed by atoms with Gasteiger partial charge in [0.2, 0.25) is 0 Å². The molecule has 2 N–H and O–H groups in total. The molecule has 1 saturated heterocycles. The number of nitrogens with two attached hydrogens (primary N) is 1. The largest absolute Gasteiger partial charge is 0.377 e. The summed E-state index contributed by atoms with van der Waals surface area (Å²) >= 11 is 0. The van der Waals surface area contributed by atoms with Crippen molar-refractivity contribution in [2.45, 2.75) is 45.6 Å². The van der Waals surface area contributed by atoms with Crippen molar-refractivity contribution in [1.82, 2.24) is 4.90 Å². The Morgan fingerprint density at radius 3 is 2.75 bits per heavy atom. The molecule has 0 amide bonds. The van der Waals surface area contributed by atoms with Gasteiger partial charge in [-0.05, 0) is 44.8 Å². The number of hydrogen-bond acceptors (Lipinski definition) is 3. The molecule has 1 aliphatic heterocycles. The Balaban J connectivity index is 2.19. The molecule has 3 heteroatoms. The van der Waals surface area contributed by atoms with Crippen molar-refractivity contribution in [3.8, 4) is 0 Å². The van der Waals surface area contributed by atoms with Gasteiger partial charge >= 0.3 is 0 Å². The van der Waals surface area contributed by atoms with Gasteiger partial charge in [0.15, 0.2) is 0 Å². The van der Waals surface area contributed by atoms with Gasteiger partial charge in [-0.1, -0.05) is 20.3 Å². The van der Waals surface area contributed by atoms with Crippen molar-refractivity contribution in [2.75, 3.05) is 32.8 Å². The summed E-state index contributed by atoms with van der Waals surface area (Å²) in [5, 5.41) is 0. The highest BCUT2D eigenvalue weighted by Gasteiger charge is 2.18. The predicted molar refractivity (Wildman–Crippen MR) is 68.5 cm³/mol. The topological polar surface area (TPSA) is 38.5 Å². The van der Waals surface area contributed by atoms with Crippen molar-refractivity contribution in [2.24, 2.45) is 11.7 Å². The Labute approximate surface area is 100 Å². The van der Waals surface area contributed by atoms with Crippen molar-refractivity contribution in [1.29, 1.82) is 0 Å². The molecule has 0 aliphatic carbocycles. The Kier molecular flexibility index (Phi) is 7.01. The van der Waals surface area contributed by atoms with Crippen LogP contribution < -0.4 is 5.73 Å². The summed E-state index contributed by atoms with van der Waals surface area (Å²) in [4.78, 5) is 2.51. The first-order valence-electron chi connectivity index (χ1n) is 6.84. The van der Waals surface area contributed by atoms with E-state index in [1.807, 2.05) is 0 Å². The molecule has 1 fully saturated rings. The Morgan fingerprint density at radius 1 is 1.44 bits per heavy atom.